The van der Waals surface area contributed by atoms with E-state index in [-0.39, 0.29) is 12.8 Å². The maximum Gasteiger partial charge on any atom is 0.342 e. The summed E-state index contributed by atoms with van der Waals surface area (Å²) in [7, 11) is -4.69. The molecule has 0 aromatic carbocycles. The van der Waals surface area contributed by atoms with Gasteiger partial charge in [0.05, 0.1) is 0 Å². The first-order valence-electron chi connectivity index (χ1n) is 4.69. The van der Waals surface area contributed by atoms with Crippen LogP contribution >= 0.6 is 7.60 Å². The minimum atomic E-state index is -4.69. The van der Waals surface area contributed by atoms with Gasteiger partial charge in [-0.15, -0.1) is 0 Å². The largest absolute Gasteiger partial charge is 0.389 e. The van der Waals surface area contributed by atoms with E-state index in [0.717, 1.165) is 6.08 Å². The van der Waals surface area contributed by atoms with Crippen LogP contribution in [0.3, 0.4) is 0 Å². The van der Waals surface area contributed by atoms with Gasteiger partial charge in [0.2, 0.25) is 0 Å². The summed E-state index contributed by atoms with van der Waals surface area (Å²) in [5.74, 6) is -2.24. The molecule has 2 N–H and O–H groups in total. The predicted octanol–water partition coefficient (Wildman–Crippen LogP) is 0.979. The van der Waals surface area contributed by atoms with Crippen LogP contribution in [-0.4, -0.2) is 26.9 Å². The van der Waals surface area contributed by atoms with Gasteiger partial charge >= 0.3 is 19.5 Å². The SMILES string of the molecule is C=CC(=O)OC(=O)C(CC)(CC)P(=O)(O)O. The van der Waals surface area contributed by atoms with Gasteiger partial charge in [-0.3, -0.25) is 9.36 Å². The highest BCUT2D eigenvalue weighted by molar-refractivity contribution is 7.54. The zero-order valence-corrected chi connectivity index (χ0v) is 10.1. The molecule has 0 saturated carbocycles. The standard InChI is InChI=1S/C9H15O6P/c1-4-7(10)15-8(11)9(5-2,6-3)16(12,13)14/h4H,1,5-6H2,2-3H3,(H2,12,13,14). The molecule has 0 unspecified atom stereocenters. The molecule has 0 saturated heterocycles. The Morgan fingerprint density at radius 1 is 1.38 bits per heavy atom. The molecular weight excluding hydrogens is 235 g/mol. The quantitative estimate of drug-likeness (QED) is 0.326. The van der Waals surface area contributed by atoms with Crippen molar-refractivity contribution < 1.29 is 28.7 Å². The zero-order chi connectivity index (χ0) is 13.0. The normalized spacial score (nSPS) is 12.0. The molecule has 0 radical (unpaired) electrons. The molecule has 0 aliphatic heterocycles. The summed E-state index contributed by atoms with van der Waals surface area (Å²) in [6, 6.07) is 0. The molecule has 0 aliphatic rings. The third-order valence-corrected chi connectivity index (χ3v) is 4.40. The summed E-state index contributed by atoms with van der Waals surface area (Å²) in [6.07, 6.45) is 0.529. The fourth-order valence-electron chi connectivity index (χ4n) is 1.30. The maximum absolute atomic E-state index is 11.6. The summed E-state index contributed by atoms with van der Waals surface area (Å²) in [4.78, 5) is 40.7. The topological polar surface area (TPSA) is 101 Å². The molecular formula is C9H15O6P. The molecule has 0 spiro atoms. The highest BCUT2D eigenvalue weighted by Gasteiger charge is 2.52. The number of carbonyl (C=O) groups excluding carboxylic acids is 2. The predicted molar refractivity (Wildman–Crippen MR) is 56.7 cm³/mol. The van der Waals surface area contributed by atoms with E-state index in [4.69, 9.17) is 9.79 Å². The Balaban J connectivity index is 5.22. The van der Waals surface area contributed by atoms with Crippen LogP contribution in [0.1, 0.15) is 26.7 Å². The van der Waals surface area contributed by atoms with Crippen molar-refractivity contribution in [1.29, 1.82) is 0 Å². The second-order valence-electron chi connectivity index (χ2n) is 3.20. The Morgan fingerprint density at radius 3 is 2.06 bits per heavy atom. The smallest absolute Gasteiger partial charge is 0.342 e. The lowest BCUT2D eigenvalue weighted by Crippen LogP contribution is -2.39. The number of hydrogen-bond donors (Lipinski definition) is 2. The molecule has 0 atom stereocenters. The monoisotopic (exact) mass is 250 g/mol. The van der Waals surface area contributed by atoms with Crippen molar-refractivity contribution in [3.63, 3.8) is 0 Å². The lowest BCUT2D eigenvalue weighted by atomic mass is 10.0. The highest BCUT2D eigenvalue weighted by atomic mass is 31.2. The number of hydrogen-bond acceptors (Lipinski definition) is 4. The first kappa shape index (κ1) is 15.0. The van der Waals surface area contributed by atoms with E-state index in [0.29, 0.717) is 0 Å². The minimum Gasteiger partial charge on any atom is -0.389 e. The molecule has 0 bridgehead atoms. The van der Waals surface area contributed by atoms with Crippen LogP contribution in [-0.2, 0) is 18.9 Å². The van der Waals surface area contributed by atoms with Gasteiger partial charge in [-0.05, 0) is 12.8 Å². The summed E-state index contributed by atoms with van der Waals surface area (Å²) in [5.41, 5.74) is 0. The molecule has 0 fully saturated rings. The van der Waals surface area contributed by atoms with Gasteiger partial charge in [0, 0.05) is 6.08 Å². The summed E-state index contributed by atoms with van der Waals surface area (Å²) in [6.45, 7) is 5.98. The number of rotatable bonds is 5. The van der Waals surface area contributed by atoms with Crippen molar-refractivity contribution in [1.82, 2.24) is 0 Å². The summed E-state index contributed by atoms with van der Waals surface area (Å²) < 4.78 is 15.6. The minimum absolute atomic E-state index is 0.114. The van der Waals surface area contributed by atoms with Crippen molar-refractivity contribution in [2.45, 2.75) is 31.8 Å². The van der Waals surface area contributed by atoms with Crippen LogP contribution in [0.25, 0.3) is 0 Å². The van der Waals surface area contributed by atoms with E-state index < -0.39 is 24.7 Å². The Kier molecular flexibility index (Phi) is 5.06. The molecule has 16 heavy (non-hydrogen) atoms. The van der Waals surface area contributed by atoms with E-state index in [1.165, 1.54) is 13.8 Å². The van der Waals surface area contributed by atoms with Gasteiger partial charge in [0.25, 0.3) is 0 Å². The first-order chi connectivity index (χ1) is 7.25. The van der Waals surface area contributed by atoms with Gasteiger partial charge in [-0.25, -0.2) is 4.79 Å². The van der Waals surface area contributed by atoms with Crippen LogP contribution in [0.2, 0.25) is 0 Å². The lowest BCUT2D eigenvalue weighted by Gasteiger charge is -2.28. The number of carbonyl (C=O) groups is 2. The molecule has 0 aliphatic carbocycles. The fraction of sp³-hybridized carbons (Fsp3) is 0.556. The van der Waals surface area contributed by atoms with Gasteiger partial charge in [0.1, 0.15) is 0 Å². The first-order valence-corrected chi connectivity index (χ1v) is 6.30. The fourth-order valence-corrected chi connectivity index (χ4v) is 2.40. The van der Waals surface area contributed by atoms with Crippen molar-refractivity contribution in [3.8, 4) is 0 Å². The van der Waals surface area contributed by atoms with Gasteiger partial charge in [-0.2, -0.15) is 0 Å². The molecule has 6 nitrogen and oxygen atoms in total. The molecule has 0 amide bonds. The van der Waals surface area contributed by atoms with Gasteiger partial charge in [0.15, 0.2) is 5.16 Å². The van der Waals surface area contributed by atoms with Gasteiger partial charge < -0.3 is 14.5 Å². The Morgan fingerprint density at radius 2 is 1.81 bits per heavy atom. The van der Waals surface area contributed by atoms with Crippen LogP contribution in [0.15, 0.2) is 12.7 Å². The highest BCUT2D eigenvalue weighted by Crippen LogP contribution is 2.55. The Hall–Kier alpha value is -0.970. The maximum atomic E-state index is 11.6. The van der Waals surface area contributed by atoms with Crippen molar-refractivity contribution in [3.05, 3.63) is 12.7 Å². The number of ether oxygens (including phenoxy) is 1. The average Bonchev–Trinajstić information content (AvgIpc) is 2.18. The molecule has 92 valence electrons. The molecule has 0 heterocycles. The van der Waals surface area contributed by atoms with Crippen LogP contribution in [0, 0.1) is 0 Å². The van der Waals surface area contributed by atoms with Crippen molar-refractivity contribution in [2.75, 3.05) is 0 Å². The molecule has 7 heteroatoms. The second kappa shape index (κ2) is 5.39. The summed E-state index contributed by atoms with van der Waals surface area (Å²) >= 11 is 0. The molecule has 0 aromatic heterocycles. The van der Waals surface area contributed by atoms with E-state index in [1.807, 2.05) is 0 Å². The molecule has 0 aromatic rings. The average molecular weight is 250 g/mol. The Labute approximate surface area is 93.5 Å². The van der Waals surface area contributed by atoms with E-state index in [2.05, 4.69) is 11.3 Å². The van der Waals surface area contributed by atoms with Crippen molar-refractivity contribution in [2.24, 2.45) is 0 Å². The second-order valence-corrected chi connectivity index (χ2v) is 5.14. The molecule has 0 rings (SSSR count). The van der Waals surface area contributed by atoms with Gasteiger partial charge in [-0.1, -0.05) is 20.4 Å². The third kappa shape index (κ3) is 2.78. The summed E-state index contributed by atoms with van der Waals surface area (Å²) in [5, 5.41) is -1.95. The van der Waals surface area contributed by atoms with Crippen molar-refractivity contribution >= 4 is 19.5 Å². The van der Waals surface area contributed by atoms with E-state index >= 15 is 0 Å². The van der Waals surface area contributed by atoms with E-state index in [1.54, 1.807) is 0 Å². The van der Waals surface area contributed by atoms with E-state index in [9.17, 15) is 14.2 Å². The third-order valence-electron chi connectivity index (χ3n) is 2.47. The lowest BCUT2D eigenvalue weighted by molar-refractivity contribution is -0.158. The number of esters is 2. The van der Waals surface area contributed by atoms with Crippen LogP contribution < -0.4 is 0 Å². The zero-order valence-electron chi connectivity index (χ0n) is 9.17. The van der Waals surface area contributed by atoms with Crippen LogP contribution in [0.5, 0.6) is 0 Å². The Bertz CT molecular complexity index is 338. The van der Waals surface area contributed by atoms with Crippen LogP contribution in [0.4, 0.5) is 0 Å².